The molecule has 90 valence electrons. The molecule has 0 N–H and O–H groups in total. The van der Waals surface area contributed by atoms with Crippen LogP contribution in [0.3, 0.4) is 0 Å². The van der Waals surface area contributed by atoms with Crippen LogP contribution < -0.4 is 4.90 Å². The molecule has 1 rings (SSSR count). The van der Waals surface area contributed by atoms with Crippen LogP contribution in [-0.4, -0.2) is 18.1 Å². The third kappa shape index (κ3) is 3.38. The van der Waals surface area contributed by atoms with Crippen molar-refractivity contribution in [3.63, 3.8) is 0 Å². The maximum Gasteiger partial charge on any atom is 0.129 e. The molecule has 2 nitrogen and oxygen atoms in total. The van der Waals surface area contributed by atoms with Crippen molar-refractivity contribution in [3.8, 4) is 0 Å². The van der Waals surface area contributed by atoms with Crippen molar-refractivity contribution < 1.29 is 0 Å². The van der Waals surface area contributed by atoms with E-state index in [9.17, 15) is 0 Å². The quantitative estimate of drug-likeness (QED) is 0.731. The Kier molecular flexibility index (Phi) is 5.07. The van der Waals surface area contributed by atoms with Gasteiger partial charge in [0.15, 0.2) is 0 Å². The van der Waals surface area contributed by atoms with Crippen LogP contribution in [0.5, 0.6) is 0 Å². The lowest BCUT2D eigenvalue weighted by molar-refractivity contribution is 0.737. The van der Waals surface area contributed by atoms with E-state index in [2.05, 4.69) is 49.8 Å². The molecule has 0 amide bonds. The van der Waals surface area contributed by atoms with Crippen LogP contribution in [0.1, 0.15) is 38.4 Å². The number of halogens is 1. The van der Waals surface area contributed by atoms with Crippen molar-refractivity contribution in [1.82, 2.24) is 4.98 Å². The van der Waals surface area contributed by atoms with Gasteiger partial charge in [0.05, 0.1) is 0 Å². The fourth-order valence-corrected chi connectivity index (χ4v) is 1.69. The van der Waals surface area contributed by atoms with Gasteiger partial charge in [0.25, 0.3) is 0 Å². The molecule has 0 saturated carbocycles. The molecule has 0 aliphatic heterocycles. The lowest BCUT2D eigenvalue weighted by atomic mass is 10.1. The number of aromatic nitrogens is 1. The highest BCUT2D eigenvalue weighted by atomic mass is 35.5. The summed E-state index contributed by atoms with van der Waals surface area (Å²) >= 11 is 5.91. The van der Waals surface area contributed by atoms with Crippen molar-refractivity contribution in [1.29, 1.82) is 0 Å². The zero-order valence-corrected chi connectivity index (χ0v) is 11.4. The van der Waals surface area contributed by atoms with Gasteiger partial charge in [-0.25, -0.2) is 4.98 Å². The molecule has 0 saturated heterocycles. The van der Waals surface area contributed by atoms with E-state index in [1.165, 1.54) is 0 Å². The Labute approximate surface area is 104 Å². The predicted octanol–water partition coefficient (Wildman–Crippen LogP) is 3.62. The predicted molar refractivity (Wildman–Crippen MR) is 71.3 cm³/mol. The molecular formula is C13H21ClN2. The molecular weight excluding hydrogens is 220 g/mol. The van der Waals surface area contributed by atoms with E-state index in [4.69, 9.17) is 11.6 Å². The molecule has 0 aliphatic rings. The Morgan fingerprint density at radius 2 is 2.06 bits per heavy atom. The Bertz CT molecular complexity index is 337. The monoisotopic (exact) mass is 240 g/mol. The first-order valence-corrected chi connectivity index (χ1v) is 6.40. The molecule has 0 radical (unpaired) electrons. The van der Waals surface area contributed by atoms with Gasteiger partial charge in [-0.3, -0.25) is 0 Å². The van der Waals surface area contributed by atoms with Crippen LogP contribution in [0, 0.1) is 0 Å². The lowest BCUT2D eigenvalue weighted by Crippen LogP contribution is -2.26. The first-order valence-electron chi connectivity index (χ1n) is 5.87. The molecule has 1 heterocycles. The van der Waals surface area contributed by atoms with Crippen LogP contribution in [-0.2, 0) is 12.3 Å². The summed E-state index contributed by atoms with van der Waals surface area (Å²) in [5, 5.41) is 0. The topological polar surface area (TPSA) is 16.1 Å². The van der Waals surface area contributed by atoms with E-state index in [0.717, 1.165) is 29.9 Å². The third-order valence-electron chi connectivity index (χ3n) is 2.72. The summed E-state index contributed by atoms with van der Waals surface area (Å²) in [4.78, 5) is 6.84. The van der Waals surface area contributed by atoms with Crippen molar-refractivity contribution in [2.45, 2.75) is 45.5 Å². The largest absolute Gasteiger partial charge is 0.357 e. The van der Waals surface area contributed by atoms with E-state index < -0.39 is 0 Å². The SMILES string of the molecule is CCCc1cc(CCl)cc(N(C)C(C)C)n1. The highest BCUT2D eigenvalue weighted by Gasteiger charge is 2.09. The number of nitrogens with zero attached hydrogens (tertiary/aromatic N) is 2. The van der Waals surface area contributed by atoms with E-state index in [1.54, 1.807) is 0 Å². The third-order valence-corrected chi connectivity index (χ3v) is 3.03. The standard InChI is InChI=1S/C13H21ClN2/c1-5-6-12-7-11(9-14)8-13(15-12)16(4)10(2)3/h7-8,10H,5-6,9H2,1-4H3. The van der Waals surface area contributed by atoms with Gasteiger partial charge in [-0.05, 0) is 38.0 Å². The molecule has 1 aromatic rings. The van der Waals surface area contributed by atoms with Crippen LogP contribution in [0.15, 0.2) is 12.1 Å². The van der Waals surface area contributed by atoms with Crippen molar-refractivity contribution >= 4 is 17.4 Å². The molecule has 0 spiro atoms. The second kappa shape index (κ2) is 6.09. The Morgan fingerprint density at radius 3 is 2.56 bits per heavy atom. The van der Waals surface area contributed by atoms with E-state index in [1.807, 2.05) is 0 Å². The average Bonchev–Trinajstić information content (AvgIpc) is 2.27. The van der Waals surface area contributed by atoms with E-state index >= 15 is 0 Å². The minimum atomic E-state index is 0.451. The van der Waals surface area contributed by atoms with Gasteiger partial charge >= 0.3 is 0 Å². The molecule has 16 heavy (non-hydrogen) atoms. The molecule has 3 heteroatoms. The molecule has 0 fully saturated rings. The minimum absolute atomic E-state index is 0.451. The lowest BCUT2D eigenvalue weighted by Gasteiger charge is -2.23. The zero-order chi connectivity index (χ0) is 12.1. The molecule has 0 aromatic carbocycles. The smallest absolute Gasteiger partial charge is 0.129 e. The first kappa shape index (κ1) is 13.3. The normalized spacial score (nSPS) is 10.9. The fourth-order valence-electron chi connectivity index (χ4n) is 1.54. The summed E-state index contributed by atoms with van der Waals surface area (Å²) in [7, 11) is 2.07. The number of rotatable bonds is 5. The fraction of sp³-hybridized carbons (Fsp3) is 0.615. The highest BCUT2D eigenvalue weighted by molar-refractivity contribution is 6.17. The average molecular weight is 241 g/mol. The maximum absolute atomic E-state index is 5.91. The maximum atomic E-state index is 5.91. The summed E-state index contributed by atoms with van der Waals surface area (Å²) in [6, 6.07) is 4.63. The van der Waals surface area contributed by atoms with Gasteiger partial charge in [-0.1, -0.05) is 13.3 Å². The molecule has 0 atom stereocenters. The van der Waals surface area contributed by atoms with Crippen LogP contribution in [0.25, 0.3) is 0 Å². The summed E-state index contributed by atoms with van der Waals surface area (Å²) in [6.45, 7) is 6.49. The molecule has 0 unspecified atom stereocenters. The summed E-state index contributed by atoms with van der Waals surface area (Å²) in [6.07, 6.45) is 2.13. The van der Waals surface area contributed by atoms with Crippen molar-refractivity contribution in [2.75, 3.05) is 11.9 Å². The number of aryl methyl sites for hydroxylation is 1. The van der Waals surface area contributed by atoms with Crippen LogP contribution >= 0.6 is 11.6 Å². The number of alkyl halides is 1. The van der Waals surface area contributed by atoms with Gasteiger partial charge in [0.2, 0.25) is 0 Å². The number of pyridine rings is 1. The first-order chi connectivity index (χ1) is 7.58. The van der Waals surface area contributed by atoms with Gasteiger partial charge in [0.1, 0.15) is 5.82 Å². The Morgan fingerprint density at radius 1 is 1.38 bits per heavy atom. The zero-order valence-electron chi connectivity index (χ0n) is 10.6. The number of hydrogen-bond donors (Lipinski definition) is 0. The van der Waals surface area contributed by atoms with E-state index in [-0.39, 0.29) is 0 Å². The minimum Gasteiger partial charge on any atom is -0.357 e. The Hall–Kier alpha value is -0.760. The summed E-state index contributed by atoms with van der Waals surface area (Å²) < 4.78 is 0. The van der Waals surface area contributed by atoms with Gasteiger partial charge in [-0.2, -0.15) is 0 Å². The van der Waals surface area contributed by atoms with E-state index in [0.29, 0.717) is 11.9 Å². The molecule has 1 aromatic heterocycles. The van der Waals surface area contributed by atoms with Crippen LogP contribution in [0.2, 0.25) is 0 Å². The summed E-state index contributed by atoms with van der Waals surface area (Å²) in [5.41, 5.74) is 2.30. The summed E-state index contributed by atoms with van der Waals surface area (Å²) in [5.74, 6) is 1.58. The van der Waals surface area contributed by atoms with Gasteiger partial charge in [0, 0.05) is 24.7 Å². The van der Waals surface area contributed by atoms with Crippen LogP contribution in [0.4, 0.5) is 5.82 Å². The Balaban J connectivity index is 3.03. The number of anilines is 1. The highest BCUT2D eigenvalue weighted by Crippen LogP contribution is 2.18. The second-order valence-electron chi connectivity index (χ2n) is 4.41. The number of hydrogen-bond acceptors (Lipinski definition) is 2. The van der Waals surface area contributed by atoms with Crippen molar-refractivity contribution in [3.05, 3.63) is 23.4 Å². The molecule has 0 aliphatic carbocycles. The molecule has 0 bridgehead atoms. The second-order valence-corrected chi connectivity index (χ2v) is 4.68. The van der Waals surface area contributed by atoms with Gasteiger partial charge in [-0.15, -0.1) is 11.6 Å². The van der Waals surface area contributed by atoms with Gasteiger partial charge < -0.3 is 4.90 Å². The van der Waals surface area contributed by atoms with Crippen molar-refractivity contribution in [2.24, 2.45) is 0 Å².